The predicted octanol–water partition coefficient (Wildman–Crippen LogP) is 1.88. The molecule has 0 bridgehead atoms. The SMILES string of the molecule is Cc1nc(CNCC(C2CC2)N(C)C)cs1. The molecule has 2 rings (SSSR count). The van der Waals surface area contributed by atoms with Gasteiger partial charge in [-0.25, -0.2) is 4.98 Å². The summed E-state index contributed by atoms with van der Waals surface area (Å²) in [7, 11) is 4.36. The standard InChI is InChI=1S/C12H21N3S/c1-9-14-11(8-16-9)6-13-7-12(15(2)3)10-4-5-10/h8,10,12-13H,4-7H2,1-3H3. The number of nitrogens with one attached hydrogen (secondary N) is 1. The molecule has 0 radical (unpaired) electrons. The van der Waals surface area contributed by atoms with Gasteiger partial charge in [-0.15, -0.1) is 11.3 Å². The Bertz CT molecular complexity index is 329. The fourth-order valence-corrected chi connectivity index (χ4v) is 2.70. The van der Waals surface area contributed by atoms with Gasteiger partial charge in [0.05, 0.1) is 10.7 Å². The van der Waals surface area contributed by atoms with Gasteiger partial charge < -0.3 is 10.2 Å². The fraction of sp³-hybridized carbons (Fsp3) is 0.750. The highest BCUT2D eigenvalue weighted by Crippen LogP contribution is 2.34. The first-order valence-corrected chi connectivity index (χ1v) is 6.83. The van der Waals surface area contributed by atoms with Crippen LogP contribution in [0.4, 0.5) is 0 Å². The van der Waals surface area contributed by atoms with Crippen LogP contribution in [0, 0.1) is 12.8 Å². The zero-order chi connectivity index (χ0) is 11.5. The number of aromatic nitrogens is 1. The molecule has 4 heteroatoms. The Kier molecular flexibility index (Phi) is 3.95. The highest BCUT2D eigenvalue weighted by atomic mass is 32.1. The zero-order valence-corrected chi connectivity index (χ0v) is 11.2. The van der Waals surface area contributed by atoms with Crippen LogP contribution in [0.15, 0.2) is 5.38 Å². The van der Waals surface area contributed by atoms with E-state index >= 15 is 0 Å². The summed E-state index contributed by atoms with van der Waals surface area (Å²) in [5.41, 5.74) is 1.18. The monoisotopic (exact) mass is 239 g/mol. The van der Waals surface area contributed by atoms with Crippen LogP contribution in [0.25, 0.3) is 0 Å². The van der Waals surface area contributed by atoms with Gasteiger partial charge in [-0.05, 0) is 39.8 Å². The van der Waals surface area contributed by atoms with Gasteiger partial charge in [-0.2, -0.15) is 0 Å². The van der Waals surface area contributed by atoms with Crippen LogP contribution < -0.4 is 5.32 Å². The number of rotatable bonds is 6. The molecule has 1 aliphatic rings. The molecule has 0 amide bonds. The number of thiazole rings is 1. The van der Waals surface area contributed by atoms with Crippen molar-refractivity contribution in [3.63, 3.8) is 0 Å². The van der Waals surface area contributed by atoms with E-state index in [1.807, 2.05) is 0 Å². The van der Waals surface area contributed by atoms with Crippen molar-refractivity contribution in [1.82, 2.24) is 15.2 Å². The topological polar surface area (TPSA) is 28.2 Å². The molecule has 0 spiro atoms. The molecule has 0 saturated heterocycles. The summed E-state index contributed by atoms with van der Waals surface area (Å²) in [6.45, 7) is 4.04. The maximum absolute atomic E-state index is 4.46. The Morgan fingerprint density at radius 2 is 2.31 bits per heavy atom. The van der Waals surface area contributed by atoms with Gasteiger partial charge in [0.15, 0.2) is 0 Å². The summed E-state index contributed by atoms with van der Waals surface area (Å²) >= 11 is 1.73. The zero-order valence-electron chi connectivity index (χ0n) is 10.4. The summed E-state index contributed by atoms with van der Waals surface area (Å²) in [6, 6.07) is 0.694. The predicted molar refractivity (Wildman–Crippen MR) is 68.8 cm³/mol. The van der Waals surface area contributed by atoms with Crippen LogP contribution in [0.5, 0.6) is 0 Å². The summed E-state index contributed by atoms with van der Waals surface area (Å²) in [6.07, 6.45) is 2.81. The molecule has 1 unspecified atom stereocenters. The summed E-state index contributed by atoms with van der Waals surface area (Å²) in [5, 5.41) is 6.82. The van der Waals surface area contributed by atoms with E-state index in [0.717, 1.165) is 24.0 Å². The number of aryl methyl sites for hydroxylation is 1. The number of hydrogen-bond donors (Lipinski definition) is 1. The summed E-state index contributed by atoms with van der Waals surface area (Å²) in [4.78, 5) is 6.80. The molecule has 1 aromatic rings. The van der Waals surface area contributed by atoms with E-state index in [4.69, 9.17) is 0 Å². The lowest BCUT2D eigenvalue weighted by Gasteiger charge is -2.24. The van der Waals surface area contributed by atoms with Gasteiger partial charge in [0.25, 0.3) is 0 Å². The van der Waals surface area contributed by atoms with Gasteiger partial charge in [0.1, 0.15) is 0 Å². The third-order valence-corrected chi connectivity index (χ3v) is 3.98. The second-order valence-electron chi connectivity index (χ2n) is 4.86. The summed E-state index contributed by atoms with van der Waals surface area (Å²) < 4.78 is 0. The minimum Gasteiger partial charge on any atom is -0.310 e. The highest BCUT2D eigenvalue weighted by molar-refractivity contribution is 7.09. The minimum absolute atomic E-state index is 0.694. The fourth-order valence-electron chi connectivity index (χ4n) is 2.09. The van der Waals surface area contributed by atoms with Crippen molar-refractivity contribution in [2.45, 2.75) is 32.4 Å². The maximum Gasteiger partial charge on any atom is 0.0897 e. The molecule has 1 saturated carbocycles. The number of hydrogen-bond acceptors (Lipinski definition) is 4. The van der Waals surface area contributed by atoms with Crippen molar-refractivity contribution < 1.29 is 0 Å². The minimum atomic E-state index is 0.694. The highest BCUT2D eigenvalue weighted by Gasteiger charge is 2.31. The largest absolute Gasteiger partial charge is 0.310 e. The molecule has 1 fully saturated rings. The smallest absolute Gasteiger partial charge is 0.0897 e. The first kappa shape index (κ1) is 12.0. The lowest BCUT2D eigenvalue weighted by Crippen LogP contribution is -2.39. The molecule has 1 aliphatic carbocycles. The van der Waals surface area contributed by atoms with Gasteiger partial charge in [0, 0.05) is 24.5 Å². The molecule has 1 N–H and O–H groups in total. The molecule has 3 nitrogen and oxygen atoms in total. The Morgan fingerprint density at radius 1 is 1.56 bits per heavy atom. The Hall–Kier alpha value is -0.450. The number of nitrogens with zero attached hydrogens (tertiary/aromatic N) is 2. The second kappa shape index (κ2) is 5.25. The number of likely N-dealkylation sites (N-methyl/N-ethyl adjacent to an activating group) is 1. The van der Waals surface area contributed by atoms with Crippen molar-refractivity contribution in [2.75, 3.05) is 20.6 Å². The van der Waals surface area contributed by atoms with Crippen molar-refractivity contribution in [3.05, 3.63) is 16.1 Å². The molecule has 1 aromatic heterocycles. The third kappa shape index (κ3) is 3.27. The molecular formula is C12H21N3S. The van der Waals surface area contributed by atoms with Crippen LogP contribution in [-0.2, 0) is 6.54 Å². The molecule has 0 aliphatic heterocycles. The van der Waals surface area contributed by atoms with Crippen molar-refractivity contribution >= 4 is 11.3 Å². The average Bonchev–Trinajstić information content (AvgIpc) is 2.97. The average molecular weight is 239 g/mol. The van der Waals surface area contributed by atoms with Crippen LogP contribution in [-0.4, -0.2) is 36.6 Å². The quantitative estimate of drug-likeness (QED) is 0.821. The van der Waals surface area contributed by atoms with Crippen LogP contribution in [0.3, 0.4) is 0 Å². The van der Waals surface area contributed by atoms with E-state index < -0.39 is 0 Å². The normalized spacial score (nSPS) is 18.0. The Morgan fingerprint density at radius 3 is 2.81 bits per heavy atom. The first-order valence-electron chi connectivity index (χ1n) is 5.95. The van der Waals surface area contributed by atoms with E-state index in [9.17, 15) is 0 Å². The molecule has 1 heterocycles. The Balaban J connectivity index is 1.74. The van der Waals surface area contributed by atoms with Crippen LogP contribution >= 0.6 is 11.3 Å². The van der Waals surface area contributed by atoms with Gasteiger partial charge >= 0.3 is 0 Å². The van der Waals surface area contributed by atoms with Crippen LogP contribution in [0.1, 0.15) is 23.5 Å². The van der Waals surface area contributed by atoms with Gasteiger partial charge in [-0.1, -0.05) is 0 Å². The van der Waals surface area contributed by atoms with Gasteiger partial charge in [0.2, 0.25) is 0 Å². The second-order valence-corrected chi connectivity index (χ2v) is 5.92. The van der Waals surface area contributed by atoms with E-state index in [1.165, 1.54) is 18.5 Å². The molecule has 1 atom stereocenters. The molecular weight excluding hydrogens is 218 g/mol. The summed E-state index contributed by atoms with van der Waals surface area (Å²) in [5.74, 6) is 0.916. The Labute approximate surface area is 102 Å². The molecule has 0 aromatic carbocycles. The van der Waals surface area contributed by atoms with E-state index in [1.54, 1.807) is 11.3 Å². The third-order valence-electron chi connectivity index (χ3n) is 3.16. The lowest BCUT2D eigenvalue weighted by atomic mass is 10.1. The van der Waals surface area contributed by atoms with Crippen molar-refractivity contribution in [3.8, 4) is 0 Å². The first-order chi connectivity index (χ1) is 7.66. The van der Waals surface area contributed by atoms with E-state index in [0.29, 0.717) is 6.04 Å². The lowest BCUT2D eigenvalue weighted by molar-refractivity contribution is 0.255. The van der Waals surface area contributed by atoms with Crippen molar-refractivity contribution in [1.29, 1.82) is 0 Å². The maximum atomic E-state index is 4.46. The van der Waals surface area contributed by atoms with Crippen molar-refractivity contribution in [2.24, 2.45) is 5.92 Å². The van der Waals surface area contributed by atoms with Gasteiger partial charge in [-0.3, -0.25) is 0 Å². The van der Waals surface area contributed by atoms with Crippen LogP contribution in [0.2, 0.25) is 0 Å². The molecule has 90 valence electrons. The van der Waals surface area contributed by atoms with E-state index in [2.05, 4.69) is 41.6 Å². The van der Waals surface area contributed by atoms with E-state index in [-0.39, 0.29) is 0 Å². The molecule has 16 heavy (non-hydrogen) atoms.